The summed E-state index contributed by atoms with van der Waals surface area (Å²) in [5.41, 5.74) is 0.945. The number of amides is 1. The lowest BCUT2D eigenvalue weighted by Crippen LogP contribution is -2.26. The van der Waals surface area contributed by atoms with E-state index in [-0.39, 0.29) is 24.5 Å². The number of hydrogen-bond donors (Lipinski definition) is 2. The highest BCUT2D eigenvalue weighted by molar-refractivity contribution is 7.13. The van der Waals surface area contributed by atoms with Gasteiger partial charge in [0, 0.05) is 17.5 Å². The smallest absolute Gasteiger partial charge is 0.305 e. The zero-order chi connectivity index (χ0) is 14.5. The van der Waals surface area contributed by atoms with Crippen LogP contribution in [0.5, 0.6) is 0 Å². The molecule has 1 aromatic carbocycles. The van der Waals surface area contributed by atoms with Gasteiger partial charge < -0.3 is 10.4 Å². The maximum Gasteiger partial charge on any atom is 0.305 e. The Bertz CT molecular complexity index is 625. The van der Waals surface area contributed by atoms with Gasteiger partial charge in [0.15, 0.2) is 0 Å². The Kier molecular flexibility index (Phi) is 4.41. The summed E-state index contributed by atoms with van der Waals surface area (Å²) < 4.78 is 12.8. The molecule has 0 spiro atoms. The molecular formula is C13H11FN2O3S. The van der Waals surface area contributed by atoms with Gasteiger partial charge >= 0.3 is 5.97 Å². The van der Waals surface area contributed by atoms with Gasteiger partial charge in [-0.3, -0.25) is 9.59 Å². The molecule has 7 heteroatoms. The molecule has 0 saturated heterocycles. The number of halogens is 1. The molecule has 104 valence electrons. The van der Waals surface area contributed by atoms with E-state index in [1.54, 1.807) is 17.5 Å². The fraction of sp³-hybridized carbons (Fsp3) is 0.154. The van der Waals surface area contributed by atoms with E-state index < -0.39 is 11.9 Å². The number of nitrogens with one attached hydrogen (secondary N) is 1. The van der Waals surface area contributed by atoms with Gasteiger partial charge in [0.05, 0.1) is 6.42 Å². The van der Waals surface area contributed by atoms with Crippen molar-refractivity contribution in [1.82, 2.24) is 10.3 Å². The van der Waals surface area contributed by atoms with Crippen LogP contribution < -0.4 is 5.32 Å². The molecule has 5 nitrogen and oxygen atoms in total. The molecular weight excluding hydrogens is 283 g/mol. The molecule has 2 N–H and O–H groups in total. The van der Waals surface area contributed by atoms with Gasteiger partial charge in [-0.1, -0.05) is 0 Å². The van der Waals surface area contributed by atoms with Crippen molar-refractivity contribution in [3.05, 3.63) is 41.2 Å². The molecule has 0 saturated carbocycles. The van der Waals surface area contributed by atoms with Crippen LogP contribution in [0, 0.1) is 5.82 Å². The predicted molar refractivity (Wildman–Crippen MR) is 72.1 cm³/mol. The predicted octanol–water partition coefficient (Wildman–Crippen LogP) is 2.15. The molecule has 0 bridgehead atoms. The fourth-order valence-corrected chi connectivity index (χ4v) is 2.28. The quantitative estimate of drug-likeness (QED) is 0.885. The lowest BCUT2D eigenvalue weighted by Gasteiger charge is -2.00. The van der Waals surface area contributed by atoms with E-state index in [0.29, 0.717) is 5.01 Å². The standard InChI is InChI=1S/C13H11FN2O3S/c14-9-3-1-8(2-4-9)13-16-10(7-20-13)12(19)15-6-5-11(17)18/h1-4,7H,5-6H2,(H,15,19)(H,17,18). The molecule has 0 radical (unpaired) electrons. The van der Waals surface area contributed by atoms with Crippen LogP contribution in [-0.4, -0.2) is 28.5 Å². The van der Waals surface area contributed by atoms with Gasteiger partial charge in [-0.2, -0.15) is 0 Å². The van der Waals surface area contributed by atoms with Crippen LogP contribution in [0.2, 0.25) is 0 Å². The minimum Gasteiger partial charge on any atom is -0.481 e. The molecule has 1 heterocycles. The topological polar surface area (TPSA) is 79.3 Å². The lowest BCUT2D eigenvalue weighted by molar-refractivity contribution is -0.136. The number of thiazole rings is 1. The Hall–Kier alpha value is -2.28. The van der Waals surface area contributed by atoms with E-state index in [2.05, 4.69) is 10.3 Å². The summed E-state index contributed by atoms with van der Waals surface area (Å²) in [6.45, 7) is 0.0531. The van der Waals surface area contributed by atoms with Gasteiger partial charge in [-0.05, 0) is 24.3 Å². The first-order valence-electron chi connectivity index (χ1n) is 5.78. The third kappa shape index (κ3) is 3.61. The number of carboxylic acids is 1. The first-order chi connectivity index (χ1) is 9.56. The summed E-state index contributed by atoms with van der Waals surface area (Å²) in [6, 6.07) is 5.81. The van der Waals surface area contributed by atoms with Crippen LogP contribution in [0.4, 0.5) is 4.39 Å². The highest BCUT2D eigenvalue weighted by Crippen LogP contribution is 2.23. The molecule has 0 aliphatic carbocycles. The van der Waals surface area contributed by atoms with Crippen molar-refractivity contribution in [2.75, 3.05) is 6.54 Å². The summed E-state index contributed by atoms with van der Waals surface area (Å²) in [5, 5.41) is 13.1. The number of nitrogens with zero attached hydrogens (tertiary/aromatic N) is 1. The zero-order valence-electron chi connectivity index (χ0n) is 10.3. The van der Waals surface area contributed by atoms with Crippen molar-refractivity contribution in [3.63, 3.8) is 0 Å². The molecule has 0 fully saturated rings. The number of aliphatic carboxylic acids is 1. The summed E-state index contributed by atoms with van der Waals surface area (Å²) in [5.74, 6) is -1.73. The SMILES string of the molecule is O=C(O)CCNC(=O)c1csc(-c2ccc(F)cc2)n1. The molecule has 1 aromatic heterocycles. The summed E-state index contributed by atoms with van der Waals surface area (Å²) in [7, 11) is 0. The van der Waals surface area contributed by atoms with Gasteiger partial charge in [0.2, 0.25) is 0 Å². The molecule has 1 amide bonds. The Labute approximate surface area is 118 Å². The average Bonchev–Trinajstić information content (AvgIpc) is 2.88. The van der Waals surface area contributed by atoms with Crippen LogP contribution in [-0.2, 0) is 4.79 Å². The van der Waals surface area contributed by atoms with Crippen LogP contribution in [0.25, 0.3) is 10.6 Å². The maximum atomic E-state index is 12.8. The van der Waals surface area contributed by atoms with E-state index in [1.165, 1.54) is 23.5 Å². The monoisotopic (exact) mass is 294 g/mol. The Morgan fingerprint density at radius 2 is 2.00 bits per heavy atom. The molecule has 20 heavy (non-hydrogen) atoms. The van der Waals surface area contributed by atoms with Crippen molar-refractivity contribution >= 4 is 23.2 Å². The second-order valence-corrected chi connectivity index (χ2v) is 4.80. The Morgan fingerprint density at radius 1 is 1.30 bits per heavy atom. The molecule has 0 aliphatic heterocycles. The van der Waals surface area contributed by atoms with E-state index in [4.69, 9.17) is 5.11 Å². The highest BCUT2D eigenvalue weighted by Gasteiger charge is 2.11. The van der Waals surface area contributed by atoms with Gasteiger partial charge in [0.25, 0.3) is 5.91 Å². The second-order valence-electron chi connectivity index (χ2n) is 3.94. The second kappa shape index (κ2) is 6.25. The van der Waals surface area contributed by atoms with Gasteiger partial charge in [-0.15, -0.1) is 11.3 Å². The fourth-order valence-electron chi connectivity index (χ4n) is 1.48. The van der Waals surface area contributed by atoms with E-state index in [0.717, 1.165) is 5.56 Å². The summed E-state index contributed by atoms with van der Waals surface area (Å²) in [6.07, 6.45) is -0.138. The number of carboxylic acid groups (broad SMARTS) is 1. The normalized spacial score (nSPS) is 10.2. The first kappa shape index (κ1) is 14.1. The molecule has 0 unspecified atom stereocenters. The molecule has 0 aliphatic rings. The summed E-state index contributed by atoms with van der Waals surface area (Å²) in [4.78, 5) is 26.2. The van der Waals surface area contributed by atoms with Crippen LogP contribution in [0.3, 0.4) is 0 Å². The number of benzene rings is 1. The number of rotatable bonds is 5. The lowest BCUT2D eigenvalue weighted by atomic mass is 10.2. The third-order valence-electron chi connectivity index (χ3n) is 2.45. The van der Waals surface area contributed by atoms with Crippen molar-refractivity contribution in [2.24, 2.45) is 0 Å². The minimum atomic E-state index is -0.976. The molecule has 2 rings (SSSR count). The Balaban J connectivity index is 2.03. The van der Waals surface area contributed by atoms with Crippen molar-refractivity contribution < 1.29 is 19.1 Å². The van der Waals surface area contributed by atoms with E-state index in [9.17, 15) is 14.0 Å². The van der Waals surface area contributed by atoms with Gasteiger partial charge in [0.1, 0.15) is 16.5 Å². The first-order valence-corrected chi connectivity index (χ1v) is 6.65. The number of hydrogen-bond acceptors (Lipinski definition) is 4. The number of carbonyl (C=O) groups excluding carboxylic acids is 1. The average molecular weight is 294 g/mol. The zero-order valence-corrected chi connectivity index (χ0v) is 11.1. The van der Waals surface area contributed by atoms with Crippen molar-refractivity contribution in [2.45, 2.75) is 6.42 Å². The van der Waals surface area contributed by atoms with Crippen LogP contribution in [0.1, 0.15) is 16.9 Å². The Morgan fingerprint density at radius 3 is 2.65 bits per heavy atom. The maximum absolute atomic E-state index is 12.8. The minimum absolute atomic E-state index is 0.0531. The number of carbonyl (C=O) groups is 2. The van der Waals surface area contributed by atoms with Crippen molar-refractivity contribution in [1.29, 1.82) is 0 Å². The van der Waals surface area contributed by atoms with E-state index >= 15 is 0 Å². The van der Waals surface area contributed by atoms with Crippen LogP contribution >= 0.6 is 11.3 Å². The molecule has 0 atom stereocenters. The largest absolute Gasteiger partial charge is 0.481 e. The van der Waals surface area contributed by atoms with Crippen LogP contribution in [0.15, 0.2) is 29.6 Å². The molecule has 2 aromatic rings. The highest BCUT2D eigenvalue weighted by atomic mass is 32.1. The van der Waals surface area contributed by atoms with E-state index in [1.807, 2.05) is 0 Å². The van der Waals surface area contributed by atoms with Gasteiger partial charge in [-0.25, -0.2) is 9.37 Å². The number of aromatic nitrogens is 1. The summed E-state index contributed by atoms with van der Waals surface area (Å²) >= 11 is 1.27. The third-order valence-corrected chi connectivity index (χ3v) is 3.34. The van der Waals surface area contributed by atoms with Crippen molar-refractivity contribution in [3.8, 4) is 10.6 Å².